The number of benzene rings is 1. The summed E-state index contributed by atoms with van der Waals surface area (Å²) in [7, 11) is 0. The molecule has 0 amide bonds. The molecular weight excluding hydrogens is 432 g/mol. The number of aryl methyl sites for hydroxylation is 2. The van der Waals surface area contributed by atoms with Crippen molar-refractivity contribution in [3.05, 3.63) is 76.7 Å². The molecule has 174 valence electrons. The third kappa shape index (κ3) is 6.81. The van der Waals surface area contributed by atoms with Crippen LogP contribution in [0.1, 0.15) is 35.8 Å². The first kappa shape index (κ1) is 23.8. The number of pyridine rings is 1. The van der Waals surface area contributed by atoms with Gasteiger partial charge < -0.3 is 15.5 Å². The predicted molar refractivity (Wildman–Crippen MR) is 134 cm³/mol. The van der Waals surface area contributed by atoms with Crippen molar-refractivity contribution in [2.24, 2.45) is 0 Å². The molecule has 0 spiro atoms. The maximum atomic E-state index is 6.62. The van der Waals surface area contributed by atoms with E-state index in [1.54, 1.807) is 6.20 Å². The van der Waals surface area contributed by atoms with Crippen LogP contribution in [0.3, 0.4) is 0 Å². The van der Waals surface area contributed by atoms with Crippen molar-refractivity contribution in [1.29, 1.82) is 0 Å². The Morgan fingerprint density at radius 3 is 2.61 bits per heavy atom. The minimum atomic E-state index is 0.249. The van der Waals surface area contributed by atoms with E-state index in [1.807, 2.05) is 25.1 Å². The van der Waals surface area contributed by atoms with Gasteiger partial charge >= 0.3 is 0 Å². The summed E-state index contributed by atoms with van der Waals surface area (Å²) in [5, 5.41) is 7.86. The summed E-state index contributed by atoms with van der Waals surface area (Å²) in [6.07, 6.45) is 4.58. The van der Waals surface area contributed by atoms with Gasteiger partial charge in [-0.2, -0.15) is 0 Å². The van der Waals surface area contributed by atoms with Gasteiger partial charge in [0, 0.05) is 38.4 Å². The monoisotopic (exact) mass is 464 g/mol. The van der Waals surface area contributed by atoms with Gasteiger partial charge in [-0.15, -0.1) is 0 Å². The zero-order chi connectivity index (χ0) is 22.9. The highest BCUT2D eigenvalue weighted by Gasteiger charge is 2.16. The molecule has 1 aliphatic heterocycles. The standard InChI is InChI=1S/C26H33ClN6/c1-20-25(27)23(32-26(31-20)24-10-5-6-13-30-24)12-11-22(21-8-3-2-4-9-21)29-14-7-17-33-18-15-28-16-19-33/h2-6,8-10,13,22,28-29H,7,11-12,14-19H2,1H3/t22-/m0/s1. The SMILES string of the molecule is Cc1nc(-c2ccccn2)nc(CC[C@H](NCCCN2CCNCC2)c2ccccc2)c1Cl. The summed E-state index contributed by atoms with van der Waals surface area (Å²) in [4.78, 5) is 16.3. The minimum absolute atomic E-state index is 0.249. The number of hydrogen-bond donors (Lipinski definition) is 2. The van der Waals surface area contributed by atoms with Crippen molar-refractivity contribution >= 4 is 11.6 Å². The fraction of sp³-hybridized carbons (Fsp3) is 0.423. The van der Waals surface area contributed by atoms with Crippen LogP contribution in [-0.2, 0) is 6.42 Å². The first-order valence-electron chi connectivity index (χ1n) is 11.9. The molecule has 1 aromatic carbocycles. The molecule has 0 unspecified atom stereocenters. The van der Waals surface area contributed by atoms with Gasteiger partial charge in [-0.1, -0.05) is 48.0 Å². The predicted octanol–water partition coefficient (Wildman–Crippen LogP) is 4.06. The number of aromatic nitrogens is 3. The minimum Gasteiger partial charge on any atom is -0.314 e. The highest BCUT2D eigenvalue weighted by atomic mass is 35.5. The number of nitrogens with zero attached hydrogens (tertiary/aromatic N) is 4. The van der Waals surface area contributed by atoms with E-state index in [1.165, 1.54) is 5.56 Å². The number of rotatable bonds is 10. The van der Waals surface area contributed by atoms with E-state index in [0.717, 1.165) is 75.6 Å². The Kier molecular flexibility index (Phi) is 8.78. The average Bonchev–Trinajstić information content (AvgIpc) is 2.87. The zero-order valence-electron chi connectivity index (χ0n) is 19.3. The molecule has 6 nitrogen and oxygen atoms in total. The Bertz CT molecular complexity index is 992. The van der Waals surface area contributed by atoms with Crippen LogP contribution in [0.4, 0.5) is 0 Å². The molecule has 1 fully saturated rings. The van der Waals surface area contributed by atoms with Gasteiger partial charge in [0.25, 0.3) is 0 Å². The summed E-state index contributed by atoms with van der Waals surface area (Å²) in [6, 6.07) is 16.7. The van der Waals surface area contributed by atoms with Crippen molar-refractivity contribution in [2.45, 2.75) is 32.2 Å². The second kappa shape index (κ2) is 12.2. The van der Waals surface area contributed by atoms with Gasteiger partial charge in [0.15, 0.2) is 5.82 Å². The maximum absolute atomic E-state index is 6.62. The molecule has 1 atom stereocenters. The topological polar surface area (TPSA) is 66.0 Å². The van der Waals surface area contributed by atoms with Crippen molar-refractivity contribution < 1.29 is 0 Å². The highest BCUT2D eigenvalue weighted by Crippen LogP contribution is 2.25. The van der Waals surface area contributed by atoms with Gasteiger partial charge in [0.05, 0.1) is 16.4 Å². The Balaban J connectivity index is 1.41. The maximum Gasteiger partial charge on any atom is 0.178 e. The fourth-order valence-corrected chi connectivity index (χ4v) is 4.44. The van der Waals surface area contributed by atoms with Crippen LogP contribution >= 0.6 is 11.6 Å². The molecule has 0 saturated carbocycles. The molecule has 2 aromatic heterocycles. The van der Waals surface area contributed by atoms with Crippen molar-refractivity contribution in [1.82, 2.24) is 30.5 Å². The zero-order valence-corrected chi connectivity index (χ0v) is 20.1. The van der Waals surface area contributed by atoms with E-state index in [4.69, 9.17) is 16.6 Å². The lowest BCUT2D eigenvalue weighted by molar-refractivity contribution is 0.236. The Labute approximate surface area is 201 Å². The molecule has 2 N–H and O–H groups in total. The summed E-state index contributed by atoms with van der Waals surface area (Å²) in [5.41, 5.74) is 3.74. The molecule has 33 heavy (non-hydrogen) atoms. The van der Waals surface area contributed by atoms with E-state index in [9.17, 15) is 0 Å². The Morgan fingerprint density at radius 2 is 1.85 bits per heavy atom. The lowest BCUT2D eigenvalue weighted by atomic mass is 10.0. The fourth-order valence-electron chi connectivity index (χ4n) is 4.26. The number of hydrogen-bond acceptors (Lipinski definition) is 6. The van der Waals surface area contributed by atoms with Gasteiger partial charge in [-0.25, -0.2) is 9.97 Å². The smallest absolute Gasteiger partial charge is 0.178 e. The van der Waals surface area contributed by atoms with Crippen LogP contribution < -0.4 is 10.6 Å². The third-order valence-corrected chi connectivity index (χ3v) is 6.59. The molecule has 0 radical (unpaired) electrons. The summed E-state index contributed by atoms with van der Waals surface area (Å²) in [5.74, 6) is 0.632. The average molecular weight is 465 g/mol. The molecule has 1 saturated heterocycles. The second-order valence-corrected chi connectivity index (χ2v) is 8.89. The van der Waals surface area contributed by atoms with E-state index in [2.05, 4.69) is 55.8 Å². The largest absolute Gasteiger partial charge is 0.314 e. The summed E-state index contributed by atoms with van der Waals surface area (Å²) >= 11 is 6.62. The lowest BCUT2D eigenvalue weighted by Crippen LogP contribution is -2.44. The number of nitrogens with one attached hydrogen (secondary N) is 2. The molecule has 7 heteroatoms. The van der Waals surface area contributed by atoms with E-state index < -0.39 is 0 Å². The van der Waals surface area contributed by atoms with Gasteiger partial charge in [0.2, 0.25) is 0 Å². The van der Waals surface area contributed by atoms with Crippen LogP contribution in [0, 0.1) is 6.92 Å². The van der Waals surface area contributed by atoms with Crippen LogP contribution in [0.25, 0.3) is 11.5 Å². The number of halogens is 1. The van der Waals surface area contributed by atoms with Crippen LogP contribution in [0.15, 0.2) is 54.7 Å². The summed E-state index contributed by atoms with van der Waals surface area (Å²) in [6.45, 7) is 8.54. The van der Waals surface area contributed by atoms with E-state index in [-0.39, 0.29) is 6.04 Å². The van der Waals surface area contributed by atoms with Crippen molar-refractivity contribution in [3.63, 3.8) is 0 Å². The van der Waals surface area contributed by atoms with Gasteiger partial charge in [0.1, 0.15) is 5.69 Å². The summed E-state index contributed by atoms with van der Waals surface area (Å²) < 4.78 is 0. The molecule has 0 bridgehead atoms. The van der Waals surface area contributed by atoms with Gasteiger partial charge in [-0.05, 0) is 57.0 Å². The molecule has 3 aromatic rings. The van der Waals surface area contributed by atoms with Crippen molar-refractivity contribution in [2.75, 3.05) is 39.3 Å². The molecule has 3 heterocycles. The van der Waals surface area contributed by atoms with E-state index >= 15 is 0 Å². The van der Waals surface area contributed by atoms with Gasteiger partial charge in [-0.3, -0.25) is 4.98 Å². The van der Waals surface area contributed by atoms with E-state index in [0.29, 0.717) is 10.8 Å². The second-order valence-electron chi connectivity index (χ2n) is 8.51. The normalized spacial score (nSPS) is 15.5. The quantitative estimate of drug-likeness (QED) is 0.441. The third-order valence-electron chi connectivity index (χ3n) is 6.10. The van der Waals surface area contributed by atoms with Crippen LogP contribution in [-0.4, -0.2) is 59.1 Å². The van der Waals surface area contributed by atoms with Crippen molar-refractivity contribution in [3.8, 4) is 11.5 Å². The Hall–Kier alpha value is -2.38. The molecule has 4 rings (SSSR count). The highest BCUT2D eigenvalue weighted by molar-refractivity contribution is 6.31. The first-order chi connectivity index (χ1) is 16.2. The Morgan fingerprint density at radius 1 is 1.06 bits per heavy atom. The lowest BCUT2D eigenvalue weighted by Gasteiger charge is -2.27. The van der Waals surface area contributed by atoms with Crippen LogP contribution in [0.2, 0.25) is 5.02 Å². The molecular formula is C26H33ClN6. The molecule has 1 aliphatic rings. The van der Waals surface area contributed by atoms with Crippen LogP contribution in [0.5, 0.6) is 0 Å². The molecule has 0 aliphatic carbocycles. The number of piperazine rings is 1. The first-order valence-corrected chi connectivity index (χ1v) is 12.2.